The third kappa shape index (κ3) is 2.80. The molecule has 0 saturated heterocycles. The molecule has 0 aliphatic carbocycles. The molecule has 0 fully saturated rings. The van der Waals surface area contributed by atoms with Crippen LogP contribution in [0.2, 0.25) is 0 Å². The third-order valence-electron chi connectivity index (χ3n) is 2.52. The van der Waals surface area contributed by atoms with Crippen LogP contribution in [0.5, 0.6) is 5.75 Å². The van der Waals surface area contributed by atoms with Gasteiger partial charge in [0.2, 0.25) is 5.91 Å². The van der Waals surface area contributed by atoms with Gasteiger partial charge in [-0.25, -0.2) is 0 Å². The highest BCUT2D eigenvalue weighted by molar-refractivity contribution is 5.98. The molecule has 2 amide bonds. The Bertz CT molecular complexity index is 483. The fourth-order valence-corrected chi connectivity index (χ4v) is 1.71. The summed E-state index contributed by atoms with van der Waals surface area (Å²) >= 11 is 0. The van der Waals surface area contributed by atoms with E-state index in [1.807, 2.05) is 13.8 Å². The van der Waals surface area contributed by atoms with E-state index in [0.717, 1.165) is 0 Å². The molecule has 0 spiro atoms. The predicted molar refractivity (Wildman–Crippen MR) is 67.8 cm³/mol. The molecule has 18 heavy (non-hydrogen) atoms. The molecule has 1 aromatic rings. The van der Waals surface area contributed by atoms with Gasteiger partial charge in [0.05, 0.1) is 18.7 Å². The standard InChI is InChI=1S/C13H16N2O3/c1-8(2)14-13(17)9-3-4-11-10(7-9)15-12(16)5-6-18-11/h3-4,7-8H,5-6H2,1-2H3,(H,14,17)(H,15,16). The Morgan fingerprint density at radius 3 is 2.94 bits per heavy atom. The number of amides is 2. The van der Waals surface area contributed by atoms with Crippen molar-refractivity contribution in [1.29, 1.82) is 0 Å². The van der Waals surface area contributed by atoms with Gasteiger partial charge in [-0.15, -0.1) is 0 Å². The van der Waals surface area contributed by atoms with Gasteiger partial charge >= 0.3 is 0 Å². The second kappa shape index (κ2) is 5.08. The van der Waals surface area contributed by atoms with Crippen LogP contribution < -0.4 is 15.4 Å². The highest BCUT2D eigenvalue weighted by atomic mass is 16.5. The zero-order valence-corrected chi connectivity index (χ0v) is 10.4. The van der Waals surface area contributed by atoms with Gasteiger partial charge < -0.3 is 15.4 Å². The summed E-state index contributed by atoms with van der Waals surface area (Å²) in [6, 6.07) is 5.10. The van der Waals surface area contributed by atoms with E-state index < -0.39 is 0 Å². The molecule has 0 bridgehead atoms. The summed E-state index contributed by atoms with van der Waals surface area (Å²) in [4.78, 5) is 23.3. The first kappa shape index (κ1) is 12.4. The quantitative estimate of drug-likeness (QED) is 0.834. The summed E-state index contributed by atoms with van der Waals surface area (Å²) in [7, 11) is 0. The fourth-order valence-electron chi connectivity index (χ4n) is 1.71. The first-order valence-corrected chi connectivity index (χ1v) is 5.94. The topological polar surface area (TPSA) is 67.4 Å². The van der Waals surface area contributed by atoms with Gasteiger partial charge in [0.1, 0.15) is 5.75 Å². The minimum absolute atomic E-state index is 0.0714. The fraction of sp³-hybridized carbons (Fsp3) is 0.385. The van der Waals surface area contributed by atoms with Gasteiger partial charge in [-0.05, 0) is 32.0 Å². The molecule has 1 heterocycles. The summed E-state index contributed by atoms with van der Waals surface area (Å²) in [5.74, 6) is 0.336. The van der Waals surface area contributed by atoms with Gasteiger partial charge in [0, 0.05) is 11.6 Å². The van der Waals surface area contributed by atoms with Crippen molar-refractivity contribution in [3.8, 4) is 5.75 Å². The zero-order chi connectivity index (χ0) is 13.1. The van der Waals surface area contributed by atoms with E-state index in [9.17, 15) is 9.59 Å². The van der Waals surface area contributed by atoms with Crippen LogP contribution >= 0.6 is 0 Å². The number of carbonyl (C=O) groups excluding carboxylic acids is 2. The number of hydrogen-bond acceptors (Lipinski definition) is 3. The summed E-state index contributed by atoms with van der Waals surface area (Å²) in [5, 5.41) is 5.53. The number of rotatable bonds is 2. The van der Waals surface area contributed by atoms with E-state index in [1.165, 1.54) is 0 Å². The number of anilines is 1. The van der Waals surface area contributed by atoms with E-state index in [1.54, 1.807) is 18.2 Å². The molecule has 0 unspecified atom stereocenters. The van der Waals surface area contributed by atoms with Crippen molar-refractivity contribution in [2.24, 2.45) is 0 Å². The van der Waals surface area contributed by atoms with Gasteiger partial charge in [-0.2, -0.15) is 0 Å². The summed E-state index contributed by atoms with van der Waals surface area (Å²) in [6.07, 6.45) is 0.322. The molecule has 0 saturated carbocycles. The van der Waals surface area contributed by atoms with Crippen LogP contribution in [0.1, 0.15) is 30.6 Å². The van der Waals surface area contributed by atoms with E-state index in [4.69, 9.17) is 4.74 Å². The molecular formula is C13H16N2O3. The number of ether oxygens (including phenoxy) is 1. The van der Waals surface area contributed by atoms with Crippen molar-refractivity contribution in [3.63, 3.8) is 0 Å². The Morgan fingerprint density at radius 1 is 1.44 bits per heavy atom. The van der Waals surface area contributed by atoms with Crippen LogP contribution in [0.15, 0.2) is 18.2 Å². The number of hydrogen-bond donors (Lipinski definition) is 2. The van der Waals surface area contributed by atoms with Crippen molar-refractivity contribution in [2.75, 3.05) is 11.9 Å². The molecule has 2 rings (SSSR count). The van der Waals surface area contributed by atoms with E-state index in [0.29, 0.717) is 30.0 Å². The number of carbonyl (C=O) groups is 2. The Balaban J connectivity index is 2.25. The van der Waals surface area contributed by atoms with Crippen molar-refractivity contribution in [3.05, 3.63) is 23.8 Å². The van der Waals surface area contributed by atoms with Gasteiger partial charge in [0.25, 0.3) is 5.91 Å². The maximum absolute atomic E-state index is 11.8. The molecule has 96 valence electrons. The second-order valence-corrected chi connectivity index (χ2v) is 4.49. The minimum atomic E-state index is -0.161. The average molecular weight is 248 g/mol. The van der Waals surface area contributed by atoms with Crippen LogP contribution in [-0.2, 0) is 4.79 Å². The van der Waals surface area contributed by atoms with Crippen molar-refractivity contribution in [2.45, 2.75) is 26.3 Å². The lowest BCUT2D eigenvalue weighted by atomic mass is 10.1. The summed E-state index contributed by atoms with van der Waals surface area (Å²) < 4.78 is 5.42. The van der Waals surface area contributed by atoms with Crippen LogP contribution in [0, 0.1) is 0 Å². The number of fused-ring (bicyclic) bond motifs is 1. The largest absolute Gasteiger partial charge is 0.491 e. The molecule has 0 aromatic heterocycles. The lowest BCUT2D eigenvalue weighted by Gasteiger charge is -2.11. The van der Waals surface area contributed by atoms with Gasteiger partial charge in [-0.3, -0.25) is 9.59 Å². The molecule has 5 nitrogen and oxygen atoms in total. The smallest absolute Gasteiger partial charge is 0.251 e. The van der Waals surface area contributed by atoms with Crippen LogP contribution in [0.3, 0.4) is 0 Å². The van der Waals surface area contributed by atoms with Crippen LogP contribution in [0.25, 0.3) is 0 Å². The van der Waals surface area contributed by atoms with Crippen molar-refractivity contribution in [1.82, 2.24) is 5.32 Å². The minimum Gasteiger partial charge on any atom is -0.491 e. The molecule has 1 aromatic carbocycles. The SMILES string of the molecule is CC(C)NC(=O)c1ccc2c(c1)NC(=O)CCO2. The monoisotopic (exact) mass is 248 g/mol. The van der Waals surface area contributed by atoms with Crippen LogP contribution in [-0.4, -0.2) is 24.5 Å². The van der Waals surface area contributed by atoms with E-state index >= 15 is 0 Å². The Labute approximate surface area is 106 Å². The normalized spacial score (nSPS) is 14.3. The van der Waals surface area contributed by atoms with Crippen molar-refractivity contribution >= 4 is 17.5 Å². The summed E-state index contributed by atoms with van der Waals surface area (Å²) in [5.41, 5.74) is 1.06. The Hall–Kier alpha value is -2.04. The highest BCUT2D eigenvalue weighted by Crippen LogP contribution is 2.28. The second-order valence-electron chi connectivity index (χ2n) is 4.49. The lowest BCUT2D eigenvalue weighted by molar-refractivity contribution is -0.116. The van der Waals surface area contributed by atoms with Gasteiger partial charge in [-0.1, -0.05) is 0 Å². The maximum Gasteiger partial charge on any atom is 0.251 e. The van der Waals surface area contributed by atoms with Gasteiger partial charge in [0.15, 0.2) is 0 Å². The lowest BCUT2D eigenvalue weighted by Crippen LogP contribution is -2.30. The maximum atomic E-state index is 11.8. The van der Waals surface area contributed by atoms with E-state index in [-0.39, 0.29) is 17.9 Å². The zero-order valence-electron chi connectivity index (χ0n) is 10.4. The number of nitrogens with one attached hydrogen (secondary N) is 2. The first-order valence-electron chi connectivity index (χ1n) is 5.94. The molecule has 1 aliphatic rings. The van der Waals surface area contributed by atoms with Crippen LogP contribution in [0.4, 0.5) is 5.69 Å². The third-order valence-corrected chi connectivity index (χ3v) is 2.52. The molecule has 1 aliphatic heterocycles. The Morgan fingerprint density at radius 2 is 2.22 bits per heavy atom. The van der Waals surface area contributed by atoms with E-state index in [2.05, 4.69) is 10.6 Å². The molecule has 0 atom stereocenters. The summed E-state index contributed by atoms with van der Waals surface area (Å²) in [6.45, 7) is 4.15. The average Bonchev–Trinajstić information content (AvgIpc) is 2.47. The van der Waals surface area contributed by atoms with Crippen molar-refractivity contribution < 1.29 is 14.3 Å². The predicted octanol–water partition coefficient (Wildman–Crippen LogP) is 1.55. The molecule has 5 heteroatoms. The molecular weight excluding hydrogens is 232 g/mol. The first-order chi connectivity index (χ1) is 8.56. The molecule has 0 radical (unpaired) electrons. The highest BCUT2D eigenvalue weighted by Gasteiger charge is 2.16. The number of benzene rings is 1. The Kier molecular flexibility index (Phi) is 3.50. The molecule has 2 N–H and O–H groups in total.